The Morgan fingerprint density at radius 1 is 1.28 bits per heavy atom. The normalized spacial score (nSPS) is 17.3. The number of rotatable bonds is 7. The minimum absolute atomic E-state index is 0.00205. The molecule has 1 aliphatic heterocycles. The molecular formula is C21H27N3O4S. The van der Waals surface area contributed by atoms with Crippen molar-refractivity contribution in [3.8, 4) is 5.75 Å². The second-order valence-electron chi connectivity index (χ2n) is 7.33. The maximum Gasteiger partial charge on any atom is 0.227 e. The number of piperidine rings is 1. The number of hydrogen-bond donors (Lipinski definition) is 0. The molecule has 0 bridgehead atoms. The van der Waals surface area contributed by atoms with Gasteiger partial charge in [0.15, 0.2) is 0 Å². The molecule has 1 aromatic carbocycles. The average molecular weight is 418 g/mol. The summed E-state index contributed by atoms with van der Waals surface area (Å²) in [5.74, 6) is 0.712. The average Bonchev–Trinajstić information content (AvgIpc) is 2.72. The molecule has 1 fully saturated rings. The van der Waals surface area contributed by atoms with Gasteiger partial charge in [0, 0.05) is 38.1 Å². The maximum atomic E-state index is 12.9. The Bertz CT molecular complexity index is 934. The highest BCUT2D eigenvalue weighted by atomic mass is 32.2. The Balaban J connectivity index is 1.71. The first-order valence-corrected chi connectivity index (χ1v) is 11.5. The Morgan fingerprint density at radius 3 is 2.76 bits per heavy atom. The molecular weight excluding hydrogens is 390 g/mol. The van der Waals surface area contributed by atoms with Gasteiger partial charge in [-0.05, 0) is 42.2 Å². The van der Waals surface area contributed by atoms with E-state index in [1.807, 2.05) is 30.3 Å². The number of benzene rings is 1. The van der Waals surface area contributed by atoms with Crippen molar-refractivity contribution in [1.29, 1.82) is 0 Å². The smallest absolute Gasteiger partial charge is 0.227 e. The molecule has 0 saturated carbocycles. The molecule has 0 spiro atoms. The summed E-state index contributed by atoms with van der Waals surface area (Å²) in [6, 6.07) is 10.9. The van der Waals surface area contributed by atoms with E-state index in [9.17, 15) is 13.2 Å². The van der Waals surface area contributed by atoms with Crippen LogP contribution in [0.3, 0.4) is 0 Å². The van der Waals surface area contributed by atoms with Crippen molar-refractivity contribution in [3.63, 3.8) is 0 Å². The predicted octanol–water partition coefficient (Wildman–Crippen LogP) is 2.09. The van der Waals surface area contributed by atoms with Crippen LogP contribution in [0.5, 0.6) is 5.75 Å². The van der Waals surface area contributed by atoms with Crippen molar-refractivity contribution in [2.75, 3.05) is 26.5 Å². The van der Waals surface area contributed by atoms with Gasteiger partial charge < -0.3 is 9.64 Å². The highest BCUT2D eigenvalue weighted by Crippen LogP contribution is 2.22. The number of likely N-dealkylation sites (tertiary alicyclic amines) is 1. The fraction of sp³-hybridized carbons (Fsp3) is 0.429. The Morgan fingerprint density at radius 2 is 2.07 bits per heavy atom. The molecule has 1 aromatic heterocycles. The third kappa shape index (κ3) is 5.77. The quantitative estimate of drug-likeness (QED) is 0.689. The highest BCUT2D eigenvalue weighted by Gasteiger charge is 2.32. The van der Waals surface area contributed by atoms with Gasteiger partial charge in [0.1, 0.15) is 5.75 Å². The fourth-order valence-electron chi connectivity index (χ4n) is 3.67. The number of hydrogen-bond acceptors (Lipinski definition) is 5. The van der Waals surface area contributed by atoms with Crippen molar-refractivity contribution in [1.82, 2.24) is 14.2 Å². The van der Waals surface area contributed by atoms with Crippen LogP contribution in [0.1, 0.15) is 24.0 Å². The molecule has 7 nitrogen and oxygen atoms in total. The van der Waals surface area contributed by atoms with E-state index in [1.54, 1.807) is 30.5 Å². The van der Waals surface area contributed by atoms with Crippen LogP contribution in [0.4, 0.5) is 0 Å². The molecule has 1 unspecified atom stereocenters. The third-order valence-corrected chi connectivity index (χ3v) is 6.41. The Kier molecular flexibility index (Phi) is 6.87. The summed E-state index contributed by atoms with van der Waals surface area (Å²) in [6.07, 6.45) is 6.33. The van der Waals surface area contributed by atoms with Gasteiger partial charge in [0.2, 0.25) is 15.9 Å². The zero-order valence-electron chi connectivity index (χ0n) is 16.8. The largest absolute Gasteiger partial charge is 0.497 e. The molecule has 1 saturated heterocycles. The number of pyridine rings is 1. The molecule has 1 aliphatic rings. The Labute approximate surface area is 172 Å². The SMILES string of the molecule is COc1cccc(CC(=O)N2CCCC(N(Cc3cccnc3)S(C)(=O)=O)C2)c1. The van der Waals surface area contributed by atoms with Crippen LogP contribution < -0.4 is 4.74 Å². The molecule has 0 N–H and O–H groups in total. The van der Waals surface area contributed by atoms with Gasteiger partial charge in [-0.15, -0.1) is 0 Å². The first-order valence-electron chi connectivity index (χ1n) is 9.63. The number of aromatic nitrogens is 1. The van der Waals surface area contributed by atoms with E-state index in [0.717, 1.165) is 24.0 Å². The van der Waals surface area contributed by atoms with Gasteiger partial charge in [-0.3, -0.25) is 9.78 Å². The van der Waals surface area contributed by atoms with E-state index >= 15 is 0 Å². The molecule has 0 radical (unpaired) electrons. The second kappa shape index (κ2) is 9.37. The first-order chi connectivity index (χ1) is 13.9. The predicted molar refractivity (Wildman–Crippen MR) is 111 cm³/mol. The monoisotopic (exact) mass is 417 g/mol. The van der Waals surface area contributed by atoms with Crippen LogP contribution in [-0.4, -0.2) is 61.0 Å². The number of amides is 1. The number of carbonyl (C=O) groups excluding carboxylic acids is 1. The second-order valence-corrected chi connectivity index (χ2v) is 9.27. The number of nitrogens with zero attached hydrogens (tertiary/aromatic N) is 3. The number of carbonyl (C=O) groups is 1. The number of methoxy groups -OCH3 is 1. The molecule has 156 valence electrons. The van der Waals surface area contributed by atoms with Crippen LogP contribution in [-0.2, 0) is 27.8 Å². The van der Waals surface area contributed by atoms with E-state index in [0.29, 0.717) is 18.8 Å². The maximum absolute atomic E-state index is 12.9. The molecule has 2 aromatic rings. The van der Waals surface area contributed by atoms with Crippen molar-refractivity contribution in [2.45, 2.75) is 31.8 Å². The molecule has 1 atom stereocenters. The lowest BCUT2D eigenvalue weighted by Gasteiger charge is -2.38. The fourth-order valence-corrected chi connectivity index (χ4v) is 4.77. The van der Waals surface area contributed by atoms with E-state index in [-0.39, 0.29) is 24.9 Å². The van der Waals surface area contributed by atoms with E-state index in [1.165, 1.54) is 10.6 Å². The zero-order valence-corrected chi connectivity index (χ0v) is 17.6. The molecule has 8 heteroatoms. The minimum Gasteiger partial charge on any atom is -0.497 e. The summed E-state index contributed by atoms with van der Waals surface area (Å²) in [5.41, 5.74) is 1.71. The van der Waals surface area contributed by atoms with Crippen molar-refractivity contribution in [2.24, 2.45) is 0 Å². The Hall–Kier alpha value is -2.45. The van der Waals surface area contributed by atoms with Crippen molar-refractivity contribution in [3.05, 3.63) is 59.9 Å². The van der Waals surface area contributed by atoms with E-state index in [2.05, 4.69) is 4.98 Å². The van der Waals surface area contributed by atoms with Crippen LogP contribution in [0.15, 0.2) is 48.8 Å². The van der Waals surface area contributed by atoms with Gasteiger partial charge in [-0.1, -0.05) is 18.2 Å². The van der Waals surface area contributed by atoms with E-state index < -0.39 is 10.0 Å². The summed E-state index contributed by atoms with van der Waals surface area (Å²) in [5, 5.41) is 0. The van der Waals surface area contributed by atoms with Crippen LogP contribution in [0, 0.1) is 0 Å². The minimum atomic E-state index is -3.43. The standard InChI is InChI=1S/C21H27N3O4S/c1-28-20-9-3-6-17(12-20)13-21(25)23-11-5-8-19(16-23)24(29(2,26)27)15-18-7-4-10-22-14-18/h3-4,6-7,9-10,12,14,19H,5,8,11,13,15-16H2,1-2H3. The topological polar surface area (TPSA) is 79.8 Å². The van der Waals surface area contributed by atoms with Gasteiger partial charge >= 0.3 is 0 Å². The lowest BCUT2D eigenvalue weighted by Crippen LogP contribution is -2.51. The van der Waals surface area contributed by atoms with Crippen LogP contribution >= 0.6 is 0 Å². The first kappa shape index (κ1) is 21.3. The van der Waals surface area contributed by atoms with Crippen LogP contribution in [0.25, 0.3) is 0 Å². The van der Waals surface area contributed by atoms with Crippen molar-refractivity contribution < 1.29 is 17.9 Å². The van der Waals surface area contributed by atoms with Crippen LogP contribution in [0.2, 0.25) is 0 Å². The molecule has 2 heterocycles. The summed E-state index contributed by atoms with van der Waals surface area (Å²) in [6.45, 7) is 1.30. The zero-order chi connectivity index (χ0) is 20.9. The summed E-state index contributed by atoms with van der Waals surface area (Å²) >= 11 is 0. The van der Waals surface area contributed by atoms with E-state index in [4.69, 9.17) is 4.74 Å². The van der Waals surface area contributed by atoms with Gasteiger partial charge in [0.25, 0.3) is 0 Å². The lowest BCUT2D eigenvalue weighted by atomic mass is 10.0. The number of sulfonamides is 1. The molecule has 29 heavy (non-hydrogen) atoms. The van der Waals surface area contributed by atoms with Crippen molar-refractivity contribution >= 4 is 15.9 Å². The molecule has 1 amide bonds. The van der Waals surface area contributed by atoms with Gasteiger partial charge in [-0.25, -0.2) is 8.42 Å². The summed E-state index contributed by atoms with van der Waals surface area (Å²) in [4.78, 5) is 18.7. The molecule has 0 aliphatic carbocycles. The summed E-state index contributed by atoms with van der Waals surface area (Å²) < 4.78 is 31.6. The lowest BCUT2D eigenvalue weighted by molar-refractivity contribution is -0.132. The van der Waals surface area contributed by atoms with Gasteiger partial charge in [-0.2, -0.15) is 4.31 Å². The summed E-state index contributed by atoms with van der Waals surface area (Å²) in [7, 11) is -1.83. The van der Waals surface area contributed by atoms with Gasteiger partial charge in [0.05, 0.1) is 19.8 Å². The number of ether oxygens (including phenoxy) is 1. The third-order valence-electron chi connectivity index (χ3n) is 5.13. The molecule has 3 rings (SSSR count). The highest BCUT2D eigenvalue weighted by molar-refractivity contribution is 7.88.